The molecule has 0 aromatic carbocycles. The van der Waals surface area contributed by atoms with Crippen LogP contribution in [0.5, 0.6) is 0 Å². The van der Waals surface area contributed by atoms with Gasteiger partial charge < -0.3 is 5.73 Å². The van der Waals surface area contributed by atoms with Crippen LogP contribution in [0.4, 0.5) is 0 Å². The Morgan fingerprint density at radius 3 is 2.44 bits per heavy atom. The summed E-state index contributed by atoms with van der Waals surface area (Å²) in [5.41, 5.74) is 5.87. The zero-order chi connectivity index (χ0) is 6.43. The lowest BCUT2D eigenvalue weighted by atomic mass is 9.97. The second kappa shape index (κ2) is 1.70. The molecule has 2 nitrogen and oxygen atoms in total. The van der Waals surface area contributed by atoms with Gasteiger partial charge in [-0.25, -0.2) is 0 Å². The van der Waals surface area contributed by atoms with Crippen molar-refractivity contribution in [3.05, 3.63) is 0 Å². The third-order valence-electron chi connectivity index (χ3n) is 2.93. The maximum atomic E-state index is 5.87. The van der Waals surface area contributed by atoms with Crippen LogP contribution < -0.4 is 5.73 Å². The molecule has 0 radical (unpaired) electrons. The van der Waals surface area contributed by atoms with Gasteiger partial charge in [0, 0.05) is 18.1 Å². The smallest absolute Gasteiger partial charge is 0.0248 e. The maximum absolute atomic E-state index is 5.87. The Hall–Kier alpha value is -0.0800. The molecule has 2 heteroatoms. The van der Waals surface area contributed by atoms with Gasteiger partial charge in [-0.05, 0) is 26.3 Å². The van der Waals surface area contributed by atoms with Gasteiger partial charge in [0.2, 0.25) is 0 Å². The molecule has 3 atom stereocenters. The van der Waals surface area contributed by atoms with E-state index in [4.69, 9.17) is 5.73 Å². The summed E-state index contributed by atoms with van der Waals surface area (Å²) in [4.78, 5) is 2.45. The third kappa shape index (κ3) is 0.634. The summed E-state index contributed by atoms with van der Waals surface area (Å²) in [7, 11) is 2.20. The van der Waals surface area contributed by atoms with Crippen LogP contribution in [0.3, 0.4) is 0 Å². The van der Waals surface area contributed by atoms with Gasteiger partial charge >= 0.3 is 0 Å². The van der Waals surface area contributed by atoms with E-state index in [1.807, 2.05) is 0 Å². The zero-order valence-corrected chi connectivity index (χ0v) is 5.88. The van der Waals surface area contributed by atoms with Crippen LogP contribution in [0.1, 0.15) is 19.3 Å². The molecule has 0 spiro atoms. The summed E-state index contributed by atoms with van der Waals surface area (Å²) in [5.74, 6) is 0. The van der Waals surface area contributed by atoms with Gasteiger partial charge in [-0.2, -0.15) is 0 Å². The molecular formula is C7H14N2. The Morgan fingerprint density at radius 1 is 1.44 bits per heavy atom. The molecule has 2 bridgehead atoms. The van der Waals surface area contributed by atoms with Crippen LogP contribution in [-0.2, 0) is 0 Å². The van der Waals surface area contributed by atoms with E-state index in [2.05, 4.69) is 11.9 Å². The minimum absolute atomic E-state index is 0.480. The van der Waals surface area contributed by atoms with Crippen molar-refractivity contribution in [3.8, 4) is 0 Å². The van der Waals surface area contributed by atoms with Crippen molar-refractivity contribution >= 4 is 0 Å². The number of nitrogens with zero attached hydrogens (tertiary/aromatic N) is 1. The summed E-state index contributed by atoms with van der Waals surface area (Å²) in [6, 6.07) is 2.02. The monoisotopic (exact) mass is 126 g/mol. The van der Waals surface area contributed by atoms with Crippen LogP contribution in [0.15, 0.2) is 0 Å². The van der Waals surface area contributed by atoms with Crippen LogP contribution in [0.25, 0.3) is 0 Å². The molecule has 0 amide bonds. The van der Waals surface area contributed by atoms with Gasteiger partial charge in [0.25, 0.3) is 0 Å². The number of hydrogen-bond acceptors (Lipinski definition) is 2. The summed E-state index contributed by atoms with van der Waals surface area (Å²) < 4.78 is 0. The lowest BCUT2D eigenvalue weighted by molar-refractivity contribution is 0.307. The summed E-state index contributed by atoms with van der Waals surface area (Å²) in [6.07, 6.45) is 3.96. The lowest BCUT2D eigenvalue weighted by Gasteiger charge is -2.16. The Kier molecular flexibility index (Phi) is 1.08. The minimum atomic E-state index is 0.480. The van der Waals surface area contributed by atoms with Gasteiger partial charge in [-0.3, -0.25) is 4.90 Å². The number of rotatable bonds is 0. The Morgan fingerprint density at radius 2 is 2.22 bits per heavy atom. The second-order valence-electron chi connectivity index (χ2n) is 3.36. The van der Waals surface area contributed by atoms with Gasteiger partial charge in [-0.15, -0.1) is 0 Å². The summed E-state index contributed by atoms with van der Waals surface area (Å²) in [6.45, 7) is 0. The van der Waals surface area contributed by atoms with Gasteiger partial charge in [0.1, 0.15) is 0 Å². The zero-order valence-electron chi connectivity index (χ0n) is 5.88. The van der Waals surface area contributed by atoms with Crippen molar-refractivity contribution in [2.75, 3.05) is 7.05 Å². The lowest BCUT2D eigenvalue weighted by Crippen LogP contribution is -2.34. The predicted molar refractivity (Wildman–Crippen MR) is 37.2 cm³/mol. The van der Waals surface area contributed by atoms with E-state index < -0.39 is 0 Å². The first kappa shape index (κ1) is 5.69. The standard InChI is InChI=1S/C7H14N2/c1-9-5-2-3-7(9)6(8)4-5/h5-7H,2-4,8H2,1H3/t5-,6+,7-/m1/s1. The Labute approximate surface area is 56.0 Å². The highest BCUT2D eigenvalue weighted by atomic mass is 15.2. The molecule has 0 aliphatic carbocycles. The number of hydrogen-bond donors (Lipinski definition) is 1. The molecule has 2 saturated heterocycles. The maximum Gasteiger partial charge on any atom is 0.0248 e. The largest absolute Gasteiger partial charge is 0.326 e. The molecule has 0 unspecified atom stereocenters. The molecule has 2 fully saturated rings. The van der Waals surface area contributed by atoms with Crippen molar-refractivity contribution in [1.29, 1.82) is 0 Å². The molecular weight excluding hydrogens is 112 g/mol. The van der Waals surface area contributed by atoms with Crippen molar-refractivity contribution in [2.24, 2.45) is 5.73 Å². The van der Waals surface area contributed by atoms with Crippen LogP contribution >= 0.6 is 0 Å². The highest BCUT2D eigenvalue weighted by molar-refractivity contribution is 5.00. The van der Waals surface area contributed by atoms with E-state index in [1.54, 1.807) is 0 Å². The van der Waals surface area contributed by atoms with Crippen molar-refractivity contribution < 1.29 is 0 Å². The normalized spacial score (nSPS) is 50.7. The average molecular weight is 126 g/mol. The second-order valence-corrected chi connectivity index (χ2v) is 3.36. The molecule has 52 valence electrons. The van der Waals surface area contributed by atoms with Crippen molar-refractivity contribution in [1.82, 2.24) is 4.90 Å². The molecule has 0 saturated carbocycles. The van der Waals surface area contributed by atoms with E-state index >= 15 is 0 Å². The van der Waals surface area contributed by atoms with Crippen LogP contribution in [0, 0.1) is 0 Å². The molecule has 0 aromatic rings. The Balaban J connectivity index is 2.16. The first-order valence-corrected chi connectivity index (χ1v) is 3.76. The molecule has 2 heterocycles. The first-order chi connectivity index (χ1) is 4.29. The van der Waals surface area contributed by atoms with E-state index in [-0.39, 0.29) is 0 Å². The average Bonchev–Trinajstić information content (AvgIpc) is 2.25. The molecule has 2 rings (SSSR count). The molecule has 2 N–H and O–H groups in total. The van der Waals surface area contributed by atoms with Crippen LogP contribution in [0.2, 0.25) is 0 Å². The number of nitrogens with two attached hydrogens (primary N) is 1. The fraction of sp³-hybridized carbons (Fsp3) is 1.00. The van der Waals surface area contributed by atoms with Gasteiger partial charge in [0.05, 0.1) is 0 Å². The van der Waals surface area contributed by atoms with Gasteiger partial charge in [0.15, 0.2) is 0 Å². The fourth-order valence-corrected chi connectivity index (χ4v) is 2.31. The van der Waals surface area contributed by atoms with Gasteiger partial charge in [-0.1, -0.05) is 0 Å². The number of likely N-dealkylation sites (N-methyl/N-ethyl adjacent to an activating group) is 1. The van der Waals surface area contributed by atoms with E-state index in [1.165, 1.54) is 19.3 Å². The molecule has 9 heavy (non-hydrogen) atoms. The minimum Gasteiger partial charge on any atom is -0.326 e. The number of fused-ring (bicyclic) bond motifs is 2. The van der Waals surface area contributed by atoms with Crippen LogP contribution in [-0.4, -0.2) is 30.1 Å². The van der Waals surface area contributed by atoms with Crippen molar-refractivity contribution in [3.63, 3.8) is 0 Å². The van der Waals surface area contributed by atoms with E-state index in [0.29, 0.717) is 6.04 Å². The molecule has 2 aliphatic heterocycles. The summed E-state index contributed by atoms with van der Waals surface area (Å²) in [5, 5.41) is 0. The topological polar surface area (TPSA) is 29.3 Å². The third-order valence-corrected chi connectivity index (χ3v) is 2.93. The quantitative estimate of drug-likeness (QED) is 0.501. The highest BCUT2D eigenvalue weighted by Gasteiger charge is 2.41. The highest BCUT2D eigenvalue weighted by Crippen LogP contribution is 2.34. The summed E-state index contributed by atoms with van der Waals surface area (Å²) >= 11 is 0. The van der Waals surface area contributed by atoms with Crippen molar-refractivity contribution in [2.45, 2.75) is 37.4 Å². The predicted octanol–water partition coefficient (Wildman–Crippen LogP) is 0.180. The van der Waals surface area contributed by atoms with E-state index in [9.17, 15) is 0 Å². The SMILES string of the molecule is CN1[C@@H]2CC[C@@H]1[C@@H](N)C2. The first-order valence-electron chi connectivity index (χ1n) is 3.76. The molecule has 0 aromatic heterocycles. The van der Waals surface area contributed by atoms with E-state index in [0.717, 1.165) is 12.1 Å². The fourth-order valence-electron chi connectivity index (χ4n) is 2.31. The Bertz CT molecular complexity index is 124. The molecule has 2 aliphatic rings.